The molecule has 1 atom stereocenters. The lowest BCUT2D eigenvalue weighted by Gasteiger charge is -2.07. The average molecular weight is 313 g/mol. The van der Waals surface area contributed by atoms with Gasteiger partial charge in [0.25, 0.3) is 0 Å². The summed E-state index contributed by atoms with van der Waals surface area (Å²) in [5, 5.41) is 9.26. The van der Waals surface area contributed by atoms with Crippen LogP contribution in [-0.4, -0.2) is 27.5 Å². The fourth-order valence-corrected chi connectivity index (χ4v) is 4.46. The summed E-state index contributed by atoms with van der Waals surface area (Å²) in [6.07, 6.45) is 3.24. The highest BCUT2D eigenvalue weighted by Crippen LogP contribution is 2.29. The zero-order chi connectivity index (χ0) is 10.4. The number of rotatable bonds is 6. The van der Waals surface area contributed by atoms with Crippen LogP contribution in [0.1, 0.15) is 13.3 Å². The van der Waals surface area contributed by atoms with E-state index in [1.54, 1.807) is 23.1 Å². The Balaban J connectivity index is 2.37. The van der Waals surface area contributed by atoms with Gasteiger partial charge in [-0.2, -0.15) is 0 Å². The van der Waals surface area contributed by atoms with E-state index in [9.17, 15) is 0 Å². The van der Waals surface area contributed by atoms with Gasteiger partial charge in [0.05, 0.1) is 0 Å². The van der Waals surface area contributed by atoms with Crippen LogP contribution in [0.4, 0.5) is 0 Å². The van der Waals surface area contributed by atoms with Crippen molar-refractivity contribution in [3.8, 4) is 0 Å². The maximum atomic E-state index is 4.12. The van der Waals surface area contributed by atoms with E-state index < -0.39 is 0 Å². The van der Waals surface area contributed by atoms with Crippen molar-refractivity contribution < 1.29 is 0 Å². The Kier molecular flexibility index (Phi) is 6.48. The standard InChI is InChI=1S/C8H13BrN2S3/c1-3-6(4-9)5-13-8-11-10-7(12-2)14-8/h6H,3-5H2,1-2H3. The molecule has 80 valence electrons. The van der Waals surface area contributed by atoms with Gasteiger partial charge in [-0.3, -0.25) is 0 Å². The number of aromatic nitrogens is 2. The second kappa shape index (κ2) is 7.09. The molecule has 0 fully saturated rings. The SMILES string of the molecule is CCC(CBr)CSc1nnc(SC)s1. The van der Waals surface area contributed by atoms with Crippen LogP contribution in [0, 0.1) is 5.92 Å². The van der Waals surface area contributed by atoms with Gasteiger partial charge in [0.2, 0.25) is 0 Å². The summed E-state index contributed by atoms with van der Waals surface area (Å²) >= 11 is 8.68. The minimum Gasteiger partial charge on any atom is -0.131 e. The van der Waals surface area contributed by atoms with Crippen molar-refractivity contribution in [2.75, 3.05) is 17.3 Å². The van der Waals surface area contributed by atoms with Gasteiger partial charge >= 0.3 is 0 Å². The Labute approximate surface area is 106 Å². The fraction of sp³-hybridized carbons (Fsp3) is 0.750. The Morgan fingerprint density at radius 1 is 1.43 bits per heavy atom. The fourth-order valence-electron chi connectivity index (χ4n) is 0.799. The monoisotopic (exact) mass is 312 g/mol. The highest BCUT2D eigenvalue weighted by atomic mass is 79.9. The topological polar surface area (TPSA) is 25.8 Å². The largest absolute Gasteiger partial charge is 0.175 e. The molecule has 0 aliphatic heterocycles. The molecular weight excluding hydrogens is 300 g/mol. The summed E-state index contributed by atoms with van der Waals surface area (Å²) in [6, 6.07) is 0. The average Bonchev–Trinajstić information content (AvgIpc) is 2.67. The van der Waals surface area contributed by atoms with E-state index in [0.29, 0.717) is 0 Å². The zero-order valence-electron chi connectivity index (χ0n) is 8.20. The molecule has 14 heavy (non-hydrogen) atoms. The smallest absolute Gasteiger partial charge is 0.131 e. The molecule has 6 heteroatoms. The van der Waals surface area contributed by atoms with Crippen molar-refractivity contribution in [1.82, 2.24) is 10.2 Å². The van der Waals surface area contributed by atoms with Gasteiger partial charge in [0, 0.05) is 11.1 Å². The van der Waals surface area contributed by atoms with Crippen molar-refractivity contribution in [1.29, 1.82) is 0 Å². The van der Waals surface area contributed by atoms with Crippen molar-refractivity contribution in [2.45, 2.75) is 22.0 Å². The van der Waals surface area contributed by atoms with E-state index in [1.807, 2.05) is 18.0 Å². The molecule has 0 saturated heterocycles. The minimum absolute atomic E-state index is 0.738. The molecule has 0 amide bonds. The Bertz CT molecular complexity index is 263. The van der Waals surface area contributed by atoms with Gasteiger partial charge in [-0.1, -0.05) is 64.1 Å². The number of halogens is 1. The molecular formula is C8H13BrN2S3. The van der Waals surface area contributed by atoms with E-state index >= 15 is 0 Å². The molecule has 0 bridgehead atoms. The molecule has 0 saturated carbocycles. The lowest BCUT2D eigenvalue weighted by molar-refractivity contribution is 0.652. The number of nitrogens with zero attached hydrogens (tertiary/aromatic N) is 2. The quantitative estimate of drug-likeness (QED) is 0.590. The predicted molar refractivity (Wildman–Crippen MR) is 70.0 cm³/mol. The van der Waals surface area contributed by atoms with E-state index in [1.165, 1.54) is 6.42 Å². The normalized spacial score (nSPS) is 13.1. The first kappa shape index (κ1) is 12.8. The molecule has 0 aliphatic carbocycles. The summed E-state index contributed by atoms with van der Waals surface area (Å²) in [7, 11) is 0. The minimum atomic E-state index is 0.738. The van der Waals surface area contributed by atoms with Crippen molar-refractivity contribution in [2.24, 2.45) is 5.92 Å². The van der Waals surface area contributed by atoms with Gasteiger partial charge in [0.1, 0.15) is 0 Å². The summed E-state index contributed by atoms with van der Waals surface area (Å²) in [5.74, 6) is 1.87. The molecule has 0 spiro atoms. The van der Waals surface area contributed by atoms with Gasteiger partial charge in [-0.05, 0) is 12.2 Å². The third kappa shape index (κ3) is 4.08. The van der Waals surface area contributed by atoms with Crippen LogP contribution in [0.15, 0.2) is 8.68 Å². The molecule has 0 aromatic carbocycles. The maximum Gasteiger partial charge on any atom is 0.175 e. The van der Waals surface area contributed by atoms with Crippen LogP contribution in [0.2, 0.25) is 0 Å². The molecule has 0 radical (unpaired) electrons. The molecule has 2 nitrogen and oxygen atoms in total. The van der Waals surface area contributed by atoms with E-state index in [-0.39, 0.29) is 0 Å². The molecule has 1 aromatic heterocycles. The summed E-state index contributed by atoms with van der Waals surface area (Å²) in [4.78, 5) is 0. The summed E-state index contributed by atoms with van der Waals surface area (Å²) in [5.41, 5.74) is 0. The molecule has 1 unspecified atom stereocenters. The van der Waals surface area contributed by atoms with E-state index in [2.05, 4.69) is 33.1 Å². The number of hydrogen-bond donors (Lipinski definition) is 0. The highest BCUT2D eigenvalue weighted by molar-refractivity contribution is 9.09. The first-order valence-electron chi connectivity index (χ1n) is 4.36. The van der Waals surface area contributed by atoms with E-state index in [0.717, 1.165) is 25.7 Å². The van der Waals surface area contributed by atoms with Crippen LogP contribution in [0.25, 0.3) is 0 Å². The molecule has 1 aromatic rings. The second-order valence-corrected chi connectivity index (χ2v) is 6.72. The molecule has 1 heterocycles. The summed E-state index contributed by atoms with van der Waals surface area (Å²) < 4.78 is 2.15. The third-order valence-electron chi connectivity index (χ3n) is 1.80. The predicted octanol–water partition coefficient (Wildman–Crippen LogP) is 3.77. The Morgan fingerprint density at radius 2 is 2.14 bits per heavy atom. The third-order valence-corrected chi connectivity index (χ3v) is 5.98. The van der Waals surface area contributed by atoms with Gasteiger partial charge in [0.15, 0.2) is 8.68 Å². The van der Waals surface area contributed by atoms with Crippen molar-refractivity contribution in [3.63, 3.8) is 0 Å². The number of thioether (sulfide) groups is 2. The molecule has 0 N–H and O–H groups in total. The van der Waals surface area contributed by atoms with Crippen molar-refractivity contribution >= 4 is 50.8 Å². The van der Waals surface area contributed by atoms with E-state index in [4.69, 9.17) is 0 Å². The Morgan fingerprint density at radius 3 is 2.64 bits per heavy atom. The van der Waals surface area contributed by atoms with Crippen LogP contribution in [0.3, 0.4) is 0 Å². The van der Waals surface area contributed by atoms with Crippen LogP contribution in [0.5, 0.6) is 0 Å². The zero-order valence-corrected chi connectivity index (χ0v) is 12.2. The van der Waals surface area contributed by atoms with Gasteiger partial charge in [-0.15, -0.1) is 10.2 Å². The number of hydrogen-bond acceptors (Lipinski definition) is 5. The van der Waals surface area contributed by atoms with Gasteiger partial charge in [-0.25, -0.2) is 0 Å². The lowest BCUT2D eigenvalue weighted by Crippen LogP contribution is -2.02. The van der Waals surface area contributed by atoms with Crippen molar-refractivity contribution in [3.05, 3.63) is 0 Å². The Hall–Kier alpha value is 0.740. The summed E-state index contributed by atoms with van der Waals surface area (Å²) in [6.45, 7) is 2.22. The first-order chi connectivity index (χ1) is 6.80. The van der Waals surface area contributed by atoms with Gasteiger partial charge < -0.3 is 0 Å². The van der Waals surface area contributed by atoms with Crippen LogP contribution in [-0.2, 0) is 0 Å². The highest BCUT2D eigenvalue weighted by Gasteiger charge is 2.08. The first-order valence-corrected chi connectivity index (χ1v) is 8.51. The van der Waals surface area contributed by atoms with Crippen LogP contribution < -0.4 is 0 Å². The maximum absolute atomic E-state index is 4.12. The lowest BCUT2D eigenvalue weighted by atomic mass is 10.2. The number of alkyl halides is 1. The molecule has 1 rings (SSSR count). The van der Waals surface area contributed by atoms with Crippen LogP contribution >= 0.6 is 50.8 Å². The second-order valence-electron chi connectivity index (χ2n) is 2.78. The molecule has 0 aliphatic rings.